The average molecular weight is 389 g/mol. The molecule has 1 N–H and O–H groups in total. The van der Waals surface area contributed by atoms with Gasteiger partial charge in [-0.15, -0.1) is 0 Å². The summed E-state index contributed by atoms with van der Waals surface area (Å²) >= 11 is 6.12. The van der Waals surface area contributed by atoms with Gasteiger partial charge < -0.3 is 10.1 Å². The first kappa shape index (κ1) is 20.0. The van der Waals surface area contributed by atoms with Crippen LogP contribution in [0.1, 0.15) is 33.6 Å². The van der Waals surface area contributed by atoms with E-state index in [1.807, 2.05) is 20.8 Å². The standard InChI is InChI=1S/C17H25ClN2O4S/c1-4-24-16-8-7-14(10-15(16)18)25(22,23)20-9-5-6-13(11-20)17(21)19-12(2)3/h7-8,10,12-13H,4-6,9,11H2,1-3H3,(H,19,21)/t13-/m1/s1. The van der Waals surface area contributed by atoms with Crippen molar-refractivity contribution in [3.8, 4) is 5.75 Å². The summed E-state index contributed by atoms with van der Waals surface area (Å²) in [5.41, 5.74) is 0. The Balaban J connectivity index is 2.18. The lowest BCUT2D eigenvalue weighted by Crippen LogP contribution is -2.46. The number of nitrogens with zero attached hydrogens (tertiary/aromatic N) is 1. The number of hydrogen-bond acceptors (Lipinski definition) is 4. The fourth-order valence-corrected chi connectivity index (χ4v) is 4.69. The van der Waals surface area contributed by atoms with Crippen LogP contribution in [0.2, 0.25) is 5.02 Å². The lowest BCUT2D eigenvalue weighted by Gasteiger charge is -2.31. The molecule has 1 aliphatic rings. The highest BCUT2D eigenvalue weighted by molar-refractivity contribution is 7.89. The molecule has 1 aromatic rings. The highest BCUT2D eigenvalue weighted by Crippen LogP contribution is 2.30. The number of sulfonamides is 1. The van der Waals surface area contributed by atoms with Crippen molar-refractivity contribution < 1.29 is 17.9 Å². The van der Waals surface area contributed by atoms with E-state index >= 15 is 0 Å². The molecule has 1 aliphatic heterocycles. The molecule has 0 radical (unpaired) electrons. The van der Waals surface area contributed by atoms with Crippen LogP contribution in [0, 0.1) is 5.92 Å². The van der Waals surface area contributed by atoms with Crippen molar-refractivity contribution in [1.82, 2.24) is 9.62 Å². The van der Waals surface area contributed by atoms with Crippen LogP contribution in [0.5, 0.6) is 5.75 Å². The Morgan fingerprint density at radius 1 is 1.44 bits per heavy atom. The fraction of sp³-hybridized carbons (Fsp3) is 0.588. The second-order valence-corrected chi connectivity index (χ2v) is 8.74. The van der Waals surface area contributed by atoms with Crippen LogP contribution in [0.25, 0.3) is 0 Å². The molecule has 8 heteroatoms. The van der Waals surface area contributed by atoms with Crippen molar-refractivity contribution in [2.75, 3.05) is 19.7 Å². The van der Waals surface area contributed by atoms with E-state index in [9.17, 15) is 13.2 Å². The van der Waals surface area contributed by atoms with Gasteiger partial charge in [-0.05, 0) is 51.8 Å². The van der Waals surface area contributed by atoms with Crippen molar-refractivity contribution in [2.45, 2.75) is 44.6 Å². The molecule has 25 heavy (non-hydrogen) atoms. The van der Waals surface area contributed by atoms with E-state index < -0.39 is 10.0 Å². The third-order valence-corrected chi connectivity index (χ3v) is 6.18. The molecular weight excluding hydrogens is 364 g/mol. The minimum atomic E-state index is -3.70. The molecular formula is C17H25ClN2O4S. The maximum absolute atomic E-state index is 12.9. The number of rotatable bonds is 6. The summed E-state index contributed by atoms with van der Waals surface area (Å²) in [5, 5.41) is 3.12. The zero-order chi connectivity index (χ0) is 18.6. The Morgan fingerprint density at radius 2 is 2.16 bits per heavy atom. The van der Waals surface area contributed by atoms with Gasteiger partial charge in [-0.3, -0.25) is 4.79 Å². The fourth-order valence-electron chi connectivity index (χ4n) is 2.84. The summed E-state index contributed by atoms with van der Waals surface area (Å²) in [6, 6.07) is 4.49. The largest absolute Gasteiger partial charge is 0.492 e. The van der Waals surface area contributed by atoms with Crippen molar-refractivity contribution in [3.05, 3.63) is 23.2 Å². The summed E-state index contributed by atoms with van der Waals surface area (Å²) in [5.74, 6) is 0.0275. The van der Waals surface area contributed by atoms with Crippen LogP contribution in [0.15, 0.2) is 23.1 Å². The number of amides is 1. The summed E-state index contributed by atoms with van der Waals surface area (Å²) in [4.78, 5) is 12.3. The maximum Gasteiger partial charge on any atom is 0.243 e. The second kappa shape index (κ2) is 8.38. The van der Waals surface area contributed by atoms with E-state index in [1.165, 1.54) is 16.4 Å². The number of halogens is 1. The molecule has 1 amide bonds. The Hall–Kier alpha value is -1.31. The van der Waals surface area contributed by atoms with Gasteiger partial charge >= 0.3 is 0 Å². The van der Waals surface area contributed by atoms with E-state index in [2.05, 4.69) is 5.32 Å². The average Bonchev–Trinajstić information content (AvgIpc) is 2.56. The molecule has 6 nitrogen and oxygen atoms in total. The van der Waals surface area contributed by atoms with Crippen molar-refractivity contribution in [1.29, 1.82) is 0 Å². The van der Waals surface area contributed by atoms with Gasteiger partial charge in [0, 0.05) is 19.1 Å². The molecule has 1 atom stereocenters. The summed E-state index contributed by atoms with van der Waals surface area (Å²) in [6.45, 7) is 6.64. The molecule has 1 fully saturated rings. The Labute approximate surface area is 154 Å². The van der Waals surface area contributed by atoms with Gasteiger partial charge in [0.15, 0.2) is 0 Å². The molecule has 0 saturated carbocycles. The molecule has 0 bridgehead atoms. The van der Waals surface area contributed by atoms with Crippen LogP contribution >= 0.6 is 11.6 Å². The monoisotopic (exact) mass is 388 g/mol. The number of carbonyl (C=O) groups excluding carboxylic acids is 1. The van der Waals surface area contributed by atoms with Gasteiger partial charge in [-0.1, -0.05) is 11.6 Å². The van der Waals surface area contributed by atoms with E-state index in [-0.39, 0.29) is 34.3 Å². The van der Waals surface area contributed by atoms with Crippen LogP contribution in [-0.2, 0) is 14.8 Å². The number of carbonyl (C=O) groups is 1. The number of benzene rings is 1. The molecule has 0 unspecified atom stereocenters. The van der Waals surface area contributed by atoms with E-state index in [0.717, 1.165) is 0 Å². The van der Waals surface area contributed by atoms with E-state index in [1.54, 1.807) is 6.07 Å². The lowest BCUT2D eigenvalue weighted by molar-refractivity contribution is -0.126. The topological polar surface area (TPSA) is 75.7 Å². The van der Waals surface area contributed by atoms with Crippen molar-refractivity contribution >= 4 is 27.5 Å². The Bertz CT molecular complexity index is 721. The molecule has 0 aliphatic carbocycles. The Morgan fingerprint density at radius 3 is 2.76 bits per heavy atom. The first-order chi connectivity index (χ1) is 11.8. The van der Waals surface area contributed by atoms with Gasteiger partial charge in [0.2, 0.25) is 15.9 Å². The normalized spacial score (nSPS) is 19.0. The van der Waals surface area contributed by atoms with Crippen molar-refractivity contribution in [2.24, 2.45) is 5.92 Å². The van der Waals surface area contributed by atoms with Gasteiger partial charge in [0.25, 0.3) is 0 Å². The highest BCUT2D eigenvalue weighted by atomic mass is 35.5. The van der Waals surface area contributed by atoms with Crippen LogP contribution in [-0.4, -0.2) is 44.4 Å². The first-order valence-electron chi connectivity index (χ1n) is 8.48. The zero-order valence-electron chi connectivity index (χ0n) is 14.8. The van der Waals surface area contributed by atoms with Crippen molar-refractivity contribution in [3.63, 3.8) is 0 Å². The van der Waals surface area contributed by atoms with Gasteiger partial charge in [0.1, 0.15) is 5.75 Å². The molecule has 2 rings (SSSR count). The summed E-state index contributed by atoms with van der Waals surface area (Å²) in [6.07, 6.45) is 1.34. The molecule has 0 aromatic heterocycles. The highest BCUT2D eigenvalue weighted by Gasteiger charge is 2.33. The molecule has 140 valence electrons. The number of hydrogen-bond donors (Lipinski definition) is 1. The summed E-state index contributed by atoms with van der Waals surface area (Å²) in [7, 11) is -3.70. The predicted molar refractivity (Wildman–Crippen MR) is 97.4 cm³/mol. The quantitative estimate of drug-likeness (QED) is 0.812. The third kappa shape index (κ3) is 4.86. The van der Waals surface area contributed by atoms with Crippen LogP contribution in [0.4, 0.5) is 0 Å². The van der Waals surface area contributed by atoms with Crippen LogP contribution < -0.4 is 10.1 Å². The molecule has 1 aromatic carbocycles. The molecule has 0 spiro atoms. The smallest absolute Gasteiger partial charge is 0.243 e. The number of nitrogens with one attached hydrogen (secondary N) is 1. The van der Waals surface area contributed by atoms with Gasteiger partial charge in [-0.25, -0.2) is 8.42 Å². The minimum Gasteiger partial charge on any atom is -0.492 e. The molecule has 1 saturated heterocycles. The van der Waals surface area contributed by atoms with Gasteiger partial charge in [-0.2, -0.15) is 4.31 Å². The predicted octanol–water partition coefficient (Wildman–Crippen LogP) is 2.66. The summed E-state index contributed by atoms with van der Waals surface area (Å²) < 4.78 is 32.5. The maximum atomic E-state index is 12.9. The number of ether oxygens (including phenoxy) is 1. The lowest BCUT2D eigenvalue weighted by atomic mass is 9.98. The first-order valence-corrected chi connectivity index (χ1v) is 10.3. The number of piperidine rings is 1. The zero-order valence-corrected chi connectivity index (χ0v) is 16.4. The minimum absolute atomic E-state index is 0.0319. The molecule has 1 heterocycles. The van der Waals surface area contributed by atoms with Gasteiger partial charge in [0.05, 0.1) is 22.4 Å². The second-order valence-electron chi connectivity index (χ2n) is 6.39. The SMILES string of the molecule is CCOc1ccc(S(=O)(=O)N2CCC[C@@H](C(=O)NC(C)C)C2)cc1Cl. The van der Waals surface area contributed by atoms with Crippen LogP contribution in [0.3, 0.4) is 0 Å². The van der Waals surface area contributed by atoms with E-state index in [4.69, 9.17) is 16.3 Å². The Kier molecular flexibility index (Phi) is 6.71. The van der Waals surface area contributed by atoms with E-state index in [0.29, 0.717) is 31.7 Å². The third-order valence-electron chi connectivity index (χ3n) is 4.03.